The smallest absolute Gasteiger partial charge is 0.389 e. The number of fused-ring (bicyclic) bond motifs is 2. The van der Waals surface area contributed by atoms with E-state index < -0.39 is 42.0 Å². The Bertz CT molecular complexity index is 1810. The zero-order valence-electron chi connectivity index (χ0n) is 25.7. The van der Waals surface area contributed by atoms with Crippen LogP contribution >= 0.6 is 11.3 Å². The van der Waals surface area contributed by atoms with Crippen LogP contribution in [0.3, 0.4) is 0 Å². The minimum atomic E-state index is -4.47. The number of Topliss-reactive ketones (excluding diaryl/α,β-unsaturated/α-hetero) is 1. The lowest BCUT2D eigenvalue weighted by Crippen LogP contribution is -2.38. The second-order valence-electron chi connectivity index (χ2n) is 11.5. The van der Waals surface area contributed by atoms with Crippen molar-refractivity contribution in [3.8, 4) is 23.0 Å². The molecule has 14 heteroatoms. The summed E-state index contributed by atoms with van der Waals surface area (Å²) in [7, 11) is 1.74. The number of nitrogens with one attached hydrogen (secondary N) is 1. The zero-order chi connectivity index (χ0) is 33.4. The van der Waals surface area contributed by atoms with Crippen molar-refractivity contribution in [1.82, 2.24) is 25.1 Å². The van der Waals surface area contributed by atoms with Gasteiger partial charge in [-0.05, 0) is 38.1 Å². The lowest BCUT2D eigenvalue weighted by atomic mass is 9.70. The highest BCUT2D eigenvalue weighted by molar-refractivity contribution is 7.17. The highest BCUT2D eigenvalue weighted by Gasteiger charge is 2.45. The Labute approximate surface area is 267 Å². The van der Waals surface area contributed by atoms with Gasteiger partial charge in [0.1, 0.15) is 0 Å². The van der Waals surface area contributed by atoms with E-state index in [1.54, 1.807) is 37.9 Å². The van der Waals surface area contributed by atoms with Gasteiger partial charge in [0, 0.05) is 53.9 Å². The molecule has 0 unspecified atom stereocenters. The summed E-state index contributed by atoms with van der Waals surface area (Å²) in [6, 6.07) is 14.4. The van der Waals surface area contributed by atoms with Crippen LogP contribution < -0.4 is 10.1 Å². The molecule has 0 saturated heterocycles. The molecule has 10 nitrogen and oxygen atoms in total. The number of hydrogen-bond donors (Lipinski definition) is 1. The van der Waals surface area contributed by atoms with Crippen molar-refractivity contribution in [2.75, 3.05) is 18.9 Å². The minimum absolute atomic E-state index is 0.0106. The first-order chi connectivity index (χ1) is 21.7. The first-order valence-corrected chi connectivity index (χ1v) is 15.3. The Hall–Kier alpha value is -4.72. The fourth-order valence-corrected chi connectivity index (χ4v) is 5.79. The first-order valence-electron chi connectivity index (χ1n) is 14.4. The fraction of sp³-hybridized carbons (Fsp3) is 0.344. The monoisotopic (exact) mass is 652 g/mol. The third-order valence-electron chi connectivity index (χ3n) is 7.81. The number of alkyl halides is 3. The molecule has 0 bridgehead atoms. The number of amides is 2. The molecule has 4 aromatic rings. The second-order valence-corrected chi connectivity index (χ2v) is 12.5. The number of carbonyl (C=O) groups is 3. The van der Waals surface area contributed by atoms with E-state index in [2.05, 4.69) is 20.5 Å². The molecule has 0 aliphatic carbocycles. The van der Waals surface area contributed by atoms with Crippen LogP contribution in [0.25, 0.3) is 11.3 Å². The van der Waals surface area contributed by atoms with Gasteiger partial charge in [0.2, 0.25) is 22.8 Å². The largest absolute Gasteiger partial charge is 0.420 e. The Morgan fingerprint density at radius 3 is 2.26 bits per heavy atom. The number of aromatic nitrogens is 4. The third kappa shape index (κ3) is 6.76. The fourth-order valence-electron chi connectivity index (χ4n) is 5.08. The first kappa shape index (κ1) is 32.7. The average Bonchev–Trinajstić information content (AvgIpc) is 3.49. The van der Waals surface area contributed by atoms with E-state index in [4.69, 9.17) is 9.72 Å². The maximum atomic E-state index is 13.8. The van der Waals surface area contributed by atoms with E-state index in [1.807, 2.05) is 50.2 Å². The lowest BCUT2D eigenvalue weighted by Gasteiger charge is -2.37. The van der Waals surface area contributed by atoms with Gasteiger partial charge in [0.25, 0.3) is 5.91 Å². The number of halogens is 3. The predicted octanol–water partition coefficient (Wildman–Crippen LogP) is 6.82. The Morgan fingerprint density at radius 1 is 0.957 bits per heavy atom. The Balaban J connectivity index is 1.43. The molecule has 0 fully saturated rings. The molecule has 5 rings (SSSR count). The maximum Gasteiger partial charge on any atom is 0.389 e. The van der Waals surface area contributed by atoms with Crippen LogP contribution in [0.4, 0.5) is 18.3 Å². The van der Waals surface area contributed by atoms with Gasteiger partial charge in [0.15, 0.2) is 10.8 Å². The van der Waals surface area contributed by atoms with Gasteiger partial charge in [-0.1, -0.05) is 49.4 Å². The molecule has 46 heavy (non-hydrogen) atoms. The van der Waals surface area contributed by atoms with Crippen molar-refractivity contribution in [3.05, 3.63) is 75.9 Å². The molecule has 1 atom stereocenters. The van der Waals surface area contributed by atoms with E-state index in [-0.39, 0.29) is 21.9 Å². The Kier molecular flexibility index (Phi) is 8.94. The van der Waals surface area contributed by atoms with Crippen molar-refractivity contribution in [2.45, 2.75) is 52.6 Å². The summed E-state index contributed by atoms with van der Waals surface area (Å²) in [5.74, 6) is -1.36. The molecule has 0 spiro atoms. The number of nitrogens with zero attached hydrogens (tertiary/aromatic N) is 5. The number of aryl methyl sites for hydroxylation is 1. The van der Waals surface area contributed by atoms with Crippen LogP contribution in [0.2, 0.25) is 0 Å². The molecule has 4 heterocycles. The van der Waals surface area contributed by atoms with Gasteiger partial charge in [-0.15, -0.1) is 10.2 Å². The molecule has 1 aliphatic rings. The number of ketones is 1. The number of hydrogen-bond acceptors (Lipinski definition) is 9. The summed E-state index contributed by atoms with van der Waals surface area (Å²) in [5.41, 5.74) is 2.75. The van der Waals surface area contributed by atoms with E-state index in [9.17, 15) is 27.6 Å². The second kappa shape index (κ2) is 12.6. The molecule has 0 saturated carbocycles. The van der Waals surface area contributed by atoms with Crippen LogP contribution in [-0.2, 0) is 4.79 Å². The van der Waals surface area contributed by atoms with Gasteiger partial charge in [-0.2, -0.15) is 13.2 Å². The number of carbonyl (C=O) groups excluding carboxylic acids is 3. The van der Waals surface area contributed by atoms with E-state index in [1.165, 1.54) is 0 Å². The maximum absolute atomic E-state index is 13.8. The number of rotatable bonds is 9. The number of benzene rings is 1. The molecule has 1 aromatic carbocycles. The summed E-state index contributed by atoms with van der Waals surface area (Å²) < 4.78 is 43.9. The van der Waals surface area contributed by atoms with Gasteiger partial charge >= 0.3 is 6.18 Å². The van der Waals surface area contributed by atoms with Gasteiger partial charge in [-0.3, -0.25) is 14.4 Å². The highest BCUT2D eigenvalue weighted by Crippen LogP contribution is 2.51. The molecule has 2 amide bonds. The Morgan fingerprint density at radius 2 is 1.61 bits per heavy atom. The number of ether oxygens (including phenoxy) is 1. The third-order valence-corrected chi connectivity index (χ3v) is 8.69. The van der Waals surface area contributed by atoms with Gasteiger partial charge in [-0.25, -0.2) is 9.97 Å². The van der Waals surface area contributed by atoms with Crippen molar-refractivity contribution in [2.24, 2.45) is 5.41 Å². The average molecular weight is 653 g/mol. The predicted molar refractivity (Wildman–Crippen MR) is 165 cm³/mol. The molecule has 1 N–H and O–H groups in total. The van der Waals surface area contributed by atoms with E-state index in [0.29, 0.717) is 51.8 Å². The SMILES string of the molecule is CCN(C)C(=O)c1ccc(-c2ccc3c(n2)Oc2nc(C)ccc2[C@@H]3C(C)(C)C(=O)Nc2nnc(C(=O)CCC(F)(F)F)s2)cc1. The molecular formula is C32H31F3N6O4S. The van der Waals surface area contributed by atoms with E-state index in [0.717, 1.165) is 5.56 Å². The summed E-state index contributed by atoms with van der Waals surface area (Å²) in [6.07, 6.45) is -6.50. The van der Waals surface area contributed by atoms with Crippen LogP contribution in [0, 0.1) is 12.3 Å². The zero-order valence-corrected chi connectivity index (χ0v) is 26.5. The van der Waals surface area contributed by atoms with Crippen LogP contribution in [0.15, 0.2) is 48.5 Å². The van der Waals surface area contributed by atoms with Crippen molar-refractivity contribution in [3.63, 3.8) is 0 Å². The van der Waals surface area contributed by atoms with Crippen molar-refractivity contribution >= 4 is 34.1 Å². The van der Waals surface area contributed by atoms with Gasteiger partial charge in [0.05, 0.1) is 17.5 Å². The van der Waals surface area contributed by atoms with Crippen LogP contribution in [-0.4, -0.2) is 62.4 Å². The van der Waals surface area contributed by atoms with Crippen molar-refractivity contribution in [1.29, 1.82) is 0 Å². The summed E-state index contributed by atoms with van der Waals surface area (Å²) in [6.45, 7) is 7.77. The van der Waals surface area contributed by atoms with Crippen LogP contribution in [0.1, 0.15) is 76.5 Å². The van der Waals surface area contributed by atoms with Gasteiger partial charge < -0.3 is 15.0 Å². The van der Waals surface area contributed by atoms with Crippen LogP contribution in [0.5, 0.6) is 11.8 Å². The number of pyridine rings is 2. The summed E-state index contributed by atoms with van der Waals surface area (Å²) in [4.78, 5) is 49.5. The minimum Gasteiger partial charge on any atom is -0.420 e. The molecule has 3 aromatic heterocycles. The number of anilines is 1. The normalized spacial score (nSPS) is 14.1. The van der Waals surface area contributed by atoms with Crippen molar-refractivity contribution < 1.29 is 32.3 Å². The molecule has 1 aliphatic heterocycles. The highest BCUT2D eigenvalue weighted by atomic mass is 32.1. The summed E-state index contributed by atoms with van der Waals surface area (Å²) in [5, 5.41) is 9.96. The molecule has 0 radical (unpaired) electrons. The standard InChI is InChI=1S/C32H31F3N6O4S/c1-6-41(5)28(43)19-10-8-18(9-11-19)22-14-13-21-24(20-12-7-17(2)36-25(20)45-26(21)37-22)31(3,4)29(44)38-30-40-39-27(46-30)23(42)15-16-32(33,34)35/h7-14,24H,6,15-16H2,1-5H3,(H,38,40,44)/t24-/m0/s1. The lowest BCUT2D eigenvalue weighted by molar-refractivity contribution is -0.133. The van der Waals surface area contributed by atoms with E-state index >= 15 is 0 Å². The molecule has 240 valence electrons. The molecular weight excluding hydrogens is 621 g/mol. The summed E-state index contributed by atoms with van der Waals surface area (Å²) >= 11 is 0.717. The topological polar surface area (TPSA) is 127 Å². The quantitative estimate of drug-likeness (QED) is 0.195.